The molecule has 0 spiro atoms. The van der Waals surface area contributed by atoms with Gasteiger partial charge >= 0.3 is 0 Å². The molecule has 1 saturated heterocycles. The number of aromatic amines is 1. The van der Waals surface area contributed by atoms with Crippen LogP contribution in [0.25, 0.3) is 10.9 Å². The second-order valence-electron chi connectivity index (χ2n) is 9.07. The molecule has 4 rings (SSSR count). The van der Waals surface area contributed by atoms with E-state index in [0.29, 0.717) is 36.2 Å². The molecule has 0 bridgehead atoms. The van der Waals surface area contributed by atoms with Crippen LogP contribution in [-0.2, 0) is 14.4 Å². The van der Waals surface area contributed by atoms with Gasteiger partial charge in [-0.05, 0) is 49.8 Å². The molecule has 9 nitrogen and oxygen atoms in total. The molecule has 34 heavy (non-hydrogen) atoms. The SMILES string of the molecule is NC(=O)[C@H](C[C@@H]1CCCNC1=O)NC(=O)[C@H](CC1CC1)NC(=O)c1cc2cc(F)c(Cl)cc2[nH]1. The van der Waals surface area contributed by atoms with E-state index in [1.165, 1.54) is 18.2 Å². The number of benzene rings is 1. The van der Waals surface area contributed by atoms with Crippen molar-refractivity contribution in [2.45, 2.75) is 50.6 Å². The van der Waals surface area contributed by atoms with Crippen LogP contribution >= 0.6 is 11.6 Å². The topological polar surface area (TPSA) is 146 Å². The van der Waals surface area contributed by atoms with E-state index in [1.54, 1.807) is 0 Å². The van der Waals surface area contributed by atoms with Crippen LogP contribution in [0, 0.1) is 17.7 Å². The first-order valence-electron chi connectivity index (χ1n) is 11.4. The number of fused-ring (bicyclic) bond motifs is 1. The van der Waals surface area contributed by atoms with Gasteiger partial charge in [-0.1, -0.05) is 24.4 Å². The van der Waals surface area contributed by atoms with Crippen LogP contribution < -0.4 is 21.7 Å². The van der Waals surface area contributed by atoms with Crippen LogP contribution in [-0.4, -0.2) is 47.2 Å². The zero-order chi connectivity index (χ0) is 24.4. The monoisotopic (exact) mass is 491 g/mol. The van der Waals surface area contributed by atoms with Gasteiger partial charge in [-0.3, -0.25) is 19.2 Å². The zero-order valence-electron chi connectivity index (χ0n) is 18.5. The second-order valence-corrected chi connectivity index (χ2v) is 9.48. The molecule has 3 atom stereocenters. The Labute approximate surface area is 200 Å². The van der Waals surface area contributed by atoms with Crippen LogP contribution in [0.1, 0.15) is 49.0 Å². The van der Waals surface area contributed by atoms with Crippen molar-refractivity contribution in [1.29, 1.82) is 0 Å². The van der Waals surface area contributed by atoms with Gasteiger partial charge in [-0.15, -0.1) is 0 Å². The van der Waals surface area contributed by atoms with Crippen molar-refractivity contribution in [3.05, 3.63) is 34.7 Å². The van der Waals surface area contributed by atoms with Gasteiger partial charge in [0.05, 0.1) is 5.02 Å². The standard InChI is InChI=1S/C23H27ClFN5O4/c24-14-10-16-13(7-15(14)25)9-19(28-16)23(34)30-18(6-11-3-4-11)22(33)29-17(20(26)31)8-12-2-1-5-27-21(12)32/h7,9-12,17-18,28H,1-6,8H2,(H2,26,31)(H,27,32)(H,29,33)(H,30,34)/t12-,17-,18-/m0/s1. The number of piperidine rings is 1. The van der Waals surface area contributed by atoms with Gasteiger partial charge in [-0.25, -0.2) is 4.39 Å². The van der Waals surface area contributed by atoms with Crippen LogP contribution in [0.4, 0.5) is 4.39 Å². The van der Waals surface area contributed by atoms with E-state index >= 15 is 0 Å². The highest BCUT2D eigenvalue weighted by molar-refractivity contribution is 6.31. The molecule has 4 amide bonds. The van der Waals surface area contributed by atoms with E-state index < -0.39 is 41.5 Å². The molecule has 11 heteroatoms. The molecule has 2 heterocycles. The highest BCUT2D eigenvalue weighted by Crippen LogP contribution is 2.33. The number of hydrogen-bond acceptors (Lipinski definition) is 4. The molecule has 1 aliphatic heterocycles. The lowest BCUT2D eigenvalue weighted by atomic mass is 9.91. The number of amides is 4. The number of halogens is 2. The van der Waals surface area contributed by atoms with E-state index in [9.17, 15) is 23.6 Å². The van der Waals surface area contributed by atoms with Crippen molar-refractivity contribution in [2.24, 2.45) is 17.6 Å². The van der Waals surface area contributed by atoms with Gasteiger partial charge < -0.3 is 26.7 Å². The summed E-state index contributed by atoms with van der Waals surface area (Å²) in [5.74, 6) is -2.70. The quantitative estimate of drug-likeness (QED) is 0.363. The summed E-state index contributed by atoms with van der Waals surface area (Å²) in [4.78, 5) is 52.9. The molecular formula is C23H27ClFN5O4. The van der Waals surface area contributed by atoms with Gasteiger partial charge in [0, 0.05) is 23.4 Å². The normalized spacial score (nSPS) is 19.8. The van der Waals surface area contributed by atoms with Gasteiger partial charge in [0.15, 0.2) is 0 Å². The fraction of sp³-hybridized carbons (Fsp3) is 0.478. The number of nitrogens with two attached hydrogens (primary N) is 1. The summed E-state index contributed by atoms with van der Waals surface area (Å²) in [6.45, 7) is 0.588. The smallest absolute Gasteiger partial charge is 0.268 e. The predicted molar refractivity (Wildman–Crippen MR) is 123 cm³/mol. The van der Waals surface area contributed by atoms with Gasteiger partial charge in [-0.2, -0.15) is 0 Å². The summed E-state index contributed by atoms with van der Waals surface area (Å²) in [7, 11) is 0. The molecule has 1 aromatic heterocycles. The predicted octanol–water partition coefficient (Wildman–Crippen LogP) is 1.75. The van der Waals surface area contributed by atoms with Crippen LogP contribution in [0.15, 0.2) is 18.2 Å². The average molecular weight is 492 g/mol. The van der Waals surface area contributed by atoms with E-state index in [-0.39, 0.29) is 23.0 Å². The fourth-order valence-electron chi connectivity index (χ4n) is 4.27. The molecule has 0 radical (unpaired) electrons. The van der Waals surface area contributed by atoms with Gasteiger partial charge in [0.25, 0.3) is 5.91 Å². The highest BCUT2D eigenvalue weighted by atomic mass is 35.5. The van der Waals surface area contributed by atoms with Gasteiger partial charge in [0.1, 0.15) is 23.6 Å². The largest absolute Gasteiger partial charge is 0.368 e. The molecule has 2 aliphatic rings. The number of hydrogen-bond donors (Lipinski definition) is 5. The fourth-order valence-corrected chi connectivity index (χ4v) is 4.43. The molecule has 182 valence electrons. The number of aromatic nitrogens is 1. The minimum atomic E-state index is -1.03. The van der Waals surface area contributed by atoms with Crippen molar-refractivity contribution >= 4 is 46.1 Å². The number of rotatable bonds is 9. The number of H-pyrrole nitrogens is 1. The molecule has 2 aromatic rings. The van der Waals surface area contributed by atoms with Crippen LogP contribution in [0.3, 0.4) is 0 Å². The molecule has 0 unspecified atom stereocenters. The van der Waals surface area contributed by atoms with Crippen molar-refractivity contribution in [2.75, 3.05) is 6.54 Å². The van der Waals surface area contributed by atoms with Crippen molar-refractivity contribution in [3.8, 4) is 0 Å². The molecule has 1 aromatic carbocycles. The van der Waals surface area contributed by atoms with Crippen LogP contribution in [0.2, 0.25) is 5.02 Å². The number of primary amides is 1. The van der Waals surface area contributed by atoms with E-state index in [0.717, 1.165) is 19.3 Å². The summed E-state index contributed by atoms with van der Waals surface area (Å²) >= 11 is 5.81. The molecule has 2 fully saturated rings. The van der Waals surface area contributed by atoms with Crippen LogP contribution in [0.5, 0.6) is 0 Å². The van der Waals surface area contributed by atoms with Crippen molar-refractivity contribution in [3.63, 3.8) is 0 Å². The Bertz CT molecular complexity index is 1090. The number of carbonyl (C=O) groups excluding carboxylic acids is 4. The molecule has 6 N–H and O–H groups in total. The third-order valence-corrected chi connectivity index (χ3v) is 6.66. The molecule has 1 saturated carbocycles. The Balaban J connectivity index is 1.45. The molecular weight excluding hydrogens is 465 g/mol. The lowest BCUT2D eigenvalue weighted by Gasteiger charge is -2.27. The lowest BCUT2D eigenvalue weighted by molar-refractivity contribution is -0.131. The third kappa shape index (κ3) is 5.67. The summed E-state index contributed by atoms with van der Waals surface area (Å²) in [6, 6.07) is 2.16. The maximum atomic E-state index is 13.7. The van der Waals surface area contributed by atoms with Gasteiger partial charge in [0.2, 0.25) is 17.7 Å². The molecule has 1 aliphatic carbocycles. The Morgan fingerprint density at radius 3 is 2.56 bits per heavy atom. The minimum Gasteiger partial charge on any atom is -0.368 e. The highest BCUT2D eigenvalue weighted by Gasteiger charge is 2.34. The Morgan fingerprint density at radius 2 is 1.88 bits per heavy atom. The Morgan fingerprint density at radius 1 is 1.12 bits per heavy atom. The van der Waals surface area contributed by atoms with E-state index in [2.05, 4.69) is 20.9 Å². The summed E-state index contributed by atoms with van der Waals surface area (Å²) < 4.78 is 13.7. The average Bonchev–Trinajstić information content (AvgIpc) is 3.52. The third-order valence-electron chi connectivity index (χ3n) is 6.37. The van der Waals surface area contributed by atoms with Crippen molar-refractivity contribution < 1.29 is 23.6 Å². The lowest BCUT2D eigenvalue weighted by Crippen LogP contribution is -2.54. The number of carbonyl (C=O) groups is 4. The maximum absolute atomic E-state index is 13.7. The summed E-state index contributed by atoms with van der Waals surface area (Å²) in [5, 5.41) is 8.49. The van der Waals surface area contributed by atoms with E-state index in [1.807, 2.05) is 0 Å². The first kappa shape index (κ1) is 24.0. The Hall–Kier alpha value is -3.14. The van der Waals surface area contributed by atoms with E-state index in [4.69, 9.17) is 17.3 Å². The number of nitrogens with one attached hydrogen (secondary N) is 4. The second kappa shape index (κ2) is 10.0. The summed E-state index contributed by atoms with van der Waals surface area (Å²) in [5.41, 5.74) is 6.14. The zero-order valence-corrected chi connectivity index (χ0v) is 19.2. The maximum Gasteiger partial charge on any atom is 0.268 e. The summed E-state index contributed by atoms with van der Waals surface area (Å²) in [6.07, 6.45) is 3.81. The first-order valence-corrected chi connectivity index (χ1v) is 11.7. The Kier molecular flexibility index (Phi) is 7.06. The minimum absolute atomic E-state index is 0.0727. The first-order chi connectivity index (χ1) is 16.2. The van der Waals surface area contributed by atoms with Crippen molar-refractivity contribution in [1.82, 2.24) is 20.9 Å².